The second-order valence-electron chi connectivity index (χ2n) is 4.95. The monoisotopic (exact) mass is 320 g/mol. The zero-order chi connectivity index (χ0) is 14.9. The normalized spacial score (nSPS) is 17.0. The van der Waals surface area contributed by atoms with E-state index in [1.54, 1.807) is 6.92 Å². The Bertz CT molecular complexity index is 601. The molecular weight excluding hydrogens is 303 g/mol. The molecule has 0 spiro atoms. The summed E-state index contributed by atoms with van der Waals surface area (Å²) in [5, 5.41) is 0.116. The molecule has 1 fully saturated rings. The molecule has 20 heavy (non-hydrogen) atoms. The summed E-state index contributed by atoms with van der Waals surface area (Å²) in [7, 11) is -3.92. The van der Waals surface area contributed by atoms with Crippen molar-refractivity contribution in [1.82, 2.24) is 4.31 Å². The lowest BCUT2D eigenvalue weighted by atomic mass is 10.2. The number of halogens is 2. The standard InChI is InChI=1S/C13H18ClFN2O2S/c1-2-17(10-5-3-4-6-10)20(18,19)12-8-9(14)7-11(16)13(12)15/h7-8,10H,2-6,16H2,1H3. The van der Waals surface area contributed by atoms with Gasteiger partial charge in [-0.25, -0.2) is 12.8 Å². The minimum absolute atomic E-state index is 0.0652. The molecule has 0 aromatic heterocycles. The van der Waals surface area contributed by atoms with Gasteiger partial charge in [-0.05, 0) is 25.0 Å². The van der Waals surface area contributed by atoms with E-state index in [0.717, 1.165) is 31.7 Å². The van der Waals surface area contributed by atoms with Crippen LogP contribution in [0.25, 0.3) is 0 Å². The first-order valence-corrected chi connectivity index (χ1v) is 8.46. The lowest BCUT2D eigenvalue weighted by Gasteiger charge is -2.27. The highest BCUT2D eigenvalue weighted by atomic mass is 35.5. The van der Waals surface area contributed by atoms with Crippen molar-refractivity contribution in [3.63, 3.8) is 0 Å². The Morgan fingerprint density at radius 2 is 2.00 bits per heavy atom. The molecule has 0 aliphatic heterocycles. The third kappa shape index (κ3) is 2.77. The van der Waals surface area contributed by atoms with Gasteiger partial charge in [-0.15, -0.1) is 0 Å². The average Bonchev–Trinajstić information content (AvgIpc) is 2.87. The highest BCUT2D eigenvalue weighted by molar-refractivity contribution is 7.89. The van der Waals surface area contributed by atoms with Gasteiger partial charge in [0.25, 0.3) is 0 Å². The highest BCUT2D eigenvalue weighted by Crippen LogP contribution is 2.32. The average molecular weight is 321 g/mol. The molecule has 1 saturated carbocycles. The topological polar surface area (TPSA) is 63.4 Å². The Kier molecular flexibility index (Phi) is 4.56. The van der Waals surface area contributed by atoms with E-state index in [0.29, 0.717) is 6.54 Å². The highest BCUT2D eigenvalue weighted by Gasteiger charge is 2.34. The predicted octanol–water partition coefficient (Wildman–Crippen LogP) is 3.01. The van der Waals surface area contributed by atoms with Crippen molar-refractivity contribution in [2.24, 2.45) is 0 Å². The molecule has 4 nitrogen and oxygen atoms in total. The summed E-state index contributed by atoms with van der Waals surface area (Å²) in [6, 6.07) is 2.27. The number of rotatable bonds is 4. The molecule has 0 saturated heterocycles. The Balaban J connectivity index is 2.48. The van der Waals surface area contributed by atoms with Gasteiger partial charge in [0.05, 0.1) is 5.69 Å². The zero-order valence-electron chi connectivity index (χ0n) is 11.3. The maximum Gasteiger partial charge on any atom is 0.246 e. The molecule has 1 aliphatic rings. The van der Waals surface area contributed by atoms with E-state index in [2.05, 4.69) is 0 Å². The smallest absolute Gasteiger partial charge is 0.246 e. The van der Waals surface area contributed by atoms with Gasteiger partial charge in [-0.1, -0.05) is 31.4 Å². The Morgan fingerprint density at radius 3 is 2.55 bits per heavy atom. The Labute approximate surface area is 123 Å². The summed E-state index contributed by atoms with van der Waals surface area (Å²) in [5.74, 6) is -0.925. The van der Waals surface area contributed by atoms with Gasteiger partial charge in [-0.2, -0.15) is 4.31 Å². The maximum absolute atomic E-state index is 14.1. The van der Waals surface area contributed by atoms with Crippen LogP contribution in [0.3, 0.4) is 0 Å². The quantitative estimate of drug-likeness (QED) is 0.867. The summed E-state index contributed by atoms with van der Waals surface area (Å²) < 4.78 is 40.7. The molecule has 0 bridgehead atoms. The van der Waals surface area contributed by atoms with Crippen molar-refractivity contribution >= 4 is 27.3 Å². The fourth-order valence-electron chi connectivity index (χ4n) is 2.72. The molecule has 0 amide bonds. The van der Waals surface area contributed by atoms with Crippen LogP contribution >= 0.6 is 11.6 Å². The summed E-state index contributed by atoms with van der Waals surface area (Å²) >= 11 is 5.81. The summed E-state index contributed by atoms with van der Waals surface area (Å²) in [6.07, 6.45) is 3.61. The summed E-state index contributed by atoms with van der Waals surface area (Å²) in [4.78, 5) is -0.434. The minimum Gasteiger partial charge on any atom is -0.396 e. The van der Waals surface area contributed by atoms with Gasteiger partial charge in [0, 0.05) is 17.6 Å². The Morgan fingerprint density at radius 1 is 1.40 bits per heavy atom. The van der Waals surface area contributed by atoms with Gasteiger partial charge < -0.3 is 5.73 Å². The Hall–Kier alpha value is -0.850. The van der Waals surface area contributed by atoms with Gasteiger partial charge in [0.15, 0.2) is 5.82 Å². The van der Waals surface area contributed by atoms with Crippen molar-refractivity contribution in [2.75, 3.05) is 12.3 Å². The van der Waals surface area contributed by atoms with Crippen LogP contribution in [0.4, 0.5) is 10.1 Å². The number of nitrogen functional groups attached to an aromatic ring is 1. The second-order valence-corrected chi connectivity index (χ2v) is 7.25. The van der Waals surface area contributed by atoms with Crippen LogP contribution in [0.1, 0.15) is 32.6 Å². The van der Waals surface area contributed by atoms with Crippen molar-refractivity contribution in [2.45, 2.75) is 43.5 Å². The molecule has 0 unspecified atom stereocenters. The van der Waals surface area contributed by atoms with Crippen LogP contribution in [0.15, 0.2) is 17.0 Å². The lowest BCUT2D eigenvalue weighted by molar-refractivity contribution is 0.334. The molecule has 2 N–H and O–H groups in total. The van der Waals surface area contributed by atoms with Crippen LogP contribution < -0.4 is 5.73 Å². The second kappa shape index (κ2) is 5.87. The van der Waals surface area contributed by atoms with Crippen LogP contribution in [0.5, 0.6) is 0 Å². The molecular formula is C13H18ClFN2O2S. The van der Waals surface area contributed by atoms with Gasteiger partial charge >= 0.3 is 0 Å². The van der Waals surface area contributed by atoms with E-state index < -0.39 is 20.7 Å². The molecule has 1 aliphatic carbocycles. The molecule has 2 rings (SSSR count). The SMILES string of the molecule is CCN(C1CCCC1)S(=O)(=O)c1cc(Cl)cc(N)c1F. The van der Waals surface area contributed by atoms with Gasteiger partial charge in [-0.3, -0.25) is 0 Å². The number of nitrogens with zero attached hydrogens (tertiary/aromatic N) is 1. The van der Waals surface area contributed by atoms with Crippen molar-refractivity contribution in [3.8, 4) is 0 Å². The maximum atomic E-state index is 14.1. The molecule has 1 aromatic carbocycles. The fourth-order valence-corrected chi connectivity index (χ4v) is 4.82. The van der Waals surface area contributed by atoms with Crippen molar-refractivity contribution < 1.29 is 12.8 Å². The van der Waals surface area contributed by atoms with Gasteiger partial charge in [0.2, 0.25) is 10.0 Å². The first kappa shape index (κ1) is 15.5. The number of sulfonamides is 1. The third-order valence-electron chi connectivity index (χ3n) is 3.66. The van der Waals surface area contributed by atoms with E-state index in [-0.39, 0.29) is 16.8 Å². The number of nitrogens with two attached hydrogens (primary N) is 1. The largest absolute Gasteiger partial charge is 0.396 e. The molecule has 0 atom stereocenters. The summed E-state index contributed by atoms with van der Waals surface area (Å²) in [6.45, 7) is 2.06. The van der Waals surface area contributed by atoms with Crippen LogP contribution in [0.2, 0.25) is 5.02 Å². The van der Waals surface area contributed by atoms with Crippen molar-refractivity contribution in [1.29, 1.82) is 0 Å². The molecule has 1 aromatic rings. The van der Waals surface area contributed by atoms with E-state index >= 15 is 0 Å². The molecule has 0 heterocycles. The van der Waals surface area contributed by atoms with E-state index in [4.69, 9.17) is 17.3 Å². The zero-order valence-corrected chi connectivity index (χ0v) is 12.8. The van der Waals surface area contributed by atoms with E-state index in [9.17, 15) is 12.8 Å². The van der Waals surface area contributed by atoms with Crippen LogP contribution in [0, 0.1) is 5.82 Å². The van der Waals surface area contributed by atoms with Crippen LogP contribution in [-0.4, -0.2) is 25.3 Å². The van der Waals surface area contributed by atoms with Crippen molar-refractivity contribution in [3.05, 3.63) is 23.0 Å². The predicted molar refractivity (Wildman–Crippen MR) is 77.6 cm³/mol. The summed E-state index contributed by atoms with van der Waals surface area (Å²) in [5.41, 5.74) is 5.22. The molecule has 112 valence electrons. The number of hydrogen-bond donors (Lipinski definition) is 1. The third-order valence-corrected chi connectivity index (χ3v) is 5.91. The first-order valence-electron chi connectivity index (χ1n) is 6.64. The number of anilines is 1. The first-order chi connectivity index (χ1) is 9.37. The lowest BCUT2D eigenvalue weighted by Crippen LogP contribution is -2.39. The minimum atomic E-state index is -3.92. The van der Waals surface area contributed by atoms with Crippen LogP contribution in [-0.2, 0) is 10.0 Å². The number of hydrogen-bond acceptors (Lipinski definition) is 3. The molecule has 0 radical (unpaired) electrons. The van der Waals surface area contributed by atoms with E-state index in [1.807, 2.05) is 0 Å². The number of benzene rings is 1. The molecule has 7 heteroatoms. The fraction of sp³-hybridized carbons (Fsp3) is 0.538. The van der Waals surface area contributed by atoms with Gasteiger partial charge in [0.1, 0.15) is 4.90 Å². The van der Waals surface area contributed by atoms with E-state index in [1.165, 1.54) is 10.4 Å².